The summed E-state index contributed by atoms with van der Waals surface area (Å²) < 4.78 is 5.12. The van der Waals surface area contributed by atoms with Crippen LogP contribution in [0, 0.1) is 0 Å². The minimum Gasteiger partial charge on any atom is -0.458 e. The molecule has 2 heteroatoms. The molecule has 0 unspecified atom stereocenters. The number of esters is 1. The minimum absolute atomic E-state index is 0.304. The van der Waals surface area contributed by atoms with E-state index in [0.29, 0.717) is 6.61 Å². The molecule has 0 aromatic heterocycles. The van der Waals surface area contributed by atoms with E-state index in [9.17, 15) is 4.79 Å². The van der Waals surface area contributed by atoms with E-state index >= 15 is 0 Å². The fourth-order valence-corrected chi connectivity index (χ4v) is 1.51. The molecule has 0 spiro atoms. The molecular weight excluding hydrogens is 248 g/mol. The molecule has 0 amide bonds. The van der Waals surface area contributed by atoms with Gasteiger partial charge in [0.1, 0.15) is 6.61 Å². The predicted molar refractivity (Wildman–Crippen MR) is 83.0 cm³/mol. The summed E-state index contributed by atoms with van der Waals surface area (Å²) in [6.07, 6.45) is 3.19. The Morgan fingerprint density at radius 3 is 2.10 bits per heavy atom. The zero-order valence-corrected chi connectivity index (χ0v) is 11.4. The average Bonchev–Trinajstić information content (AvgIpc) is 2.55. The number of hydrogen-bond donors (Lipinski definition) is 0. The highest BCUT2D eigenvalue weighted by Crippen LogP contribution is 2.03. The van der Waals surface area contributed by atoms with Gasteiger partial charge in [0.2, 0.25) is 0 Å². The maximum absolute atomic E-state index is 11.5. The van der Waals surface area contributed by atoms with Crippen molar-refractivity contribution in [2.45, 2.75) is 6.61 Å². The summed E-state index contributed by atoms with van der Waals surface area (Å²) in [5.41, 5.74) is 1.97. The standard InChI is InChI=1S/C16H14O2.C2H4/c17-16(12-11-14-7-3-1-4-8-14)18-13-15-9-5-2-6-10-15;1-2/h1-12H,13H2;1-2H2. The van der Waals surface area contributed by atoms with E-state index in [-0.39, 0.29) is 5.97 Å². The number of carbonyl (C=O) groups excluding carboxylic acids is 1. The molecule has 0 aliphatic rings. The number of carbonyl (C=O) groups is 1. The summed E-state index contributed by atoms with van der Waals surface area (Å²) in [4.78, 5) is 11.5. The normalized spacial score (nSPS) is 9.60. The van der Waals surface area contributed by atoms with Gasteiger partial charge < -0.3 is 4.74 Å². The Morgan fingerprint density at radius 1 is 0.950 bits per heavy atom. The zero-order chi connectivity index (χ0) is 14.6. The van der Waals surface area contributed by atoms with Crippen LogP contribution in [0.3, 0.4) is 0 Å². The summed E-state index contributed by atoms with van der Waals surface area (Å²) in [5.74, 6) is -0.331. The first-order chi connectivity index (χ1) is 9.84. The molecule has 0 heterocycles. The molecule has 2 aromatic rings. The van der Waals surface area contributed by atoms with Crippen molar-refractivity contribution in [1.82, 2.24) is 0 Å². The lowest BCUT2D eigenvalue weighted by atomic mass is 10.2. The van der Waals surface area contributed by atoms with Gasteiger partial charge in [-0.1, -0.05) is 60.7 Å². The summed E-state index contributed by atoms with van der Waals surface area (Å²) in [5, 5.41) is 0. The molecule has 0 fully saturated rings. The van der Waals surface area contributed by atoms with Crippen LogP contribution in [0.1, 0.15) is 11.1 Å². The third-order valence-corrected chi connectivity index (χ3v) is 2.44. The molecule has 0 aliphatic carbocycles. The number of ether oxygens (including phenoxy) is 1. The first-order valence-corrected chi connectivity index (χ1v) is 6.28. The summed E-state index contributed by atoms with van der Waals surface area (Å²) in [6, 6.07) is 19.3. The van der Waals surface area contributed by atoms with Crippen LogP contribution < -0.4 is 0 Å². The summed E-state index contributed by atoms with van der Waals surface area (Å²) in [7, 11) is 0. The van der Waals surface area contributed by atoms with Gasteiger partial charge in [-0.05, 0) is 17.2 Å². The Kier molecular flexibility index (Phi) is 7.21. The lowest BCUT2D eigenvalue weighted by Gasteiger charge is -2.01. The third kappa shape index (κ3) is 5.83. The molecule has 2 rings (SSSR count). The Bertz CT molecular complexity index is 530. The molecule has 20 heavy (non-hydrogen) atoms. The molecule has 0 saturated heterocycles. The van der Waals surface area contributed by atoms with E-state index < -0.39 is 0 Å². The second kappa shape index (κ2) is 9.34. The smallest absolute Gasteiger partial charge is 0.331 e. The Labute approximate surface area is 120 Å². The molecule has 0 saturated carbocycles. The van der Waals surface area contributed by atoms with Gasteiger partial charge in [-0.2, -0.15) is 0 Å². The van der Waals surface area contributed by atoms with Crippen molar-refractivity contribution < 1.29 is 9.53 Å². The van der Waals surface area contributed by atoms with Gasteiger partial charge >= 0.3 is 5.97 Å². The van der Waals surface area contributed by atoms with Crippen molar-refractivity contribution in [3.8, 4) is 0 Å². The fraction of sp³-hybridized carbons (Fsp3) is 0.0556. The van der Waals surface area contributed by atoms with Crippen molar-refractivity contribution in [2.75, 3.05) is 0 Å². The van der Waals surface area contributed by atoms with Gasteiger partial charge in [-0.3, -0.25) is 0 Å². The topological polar surface area (TPSA) is 26.3 Å². The van der Waals surface area contributed by atoms with Crippen LogP contribution >= 0.6 is 0 Å². The second-order valence-electron chi connectivity index (χ2n) is 3.84. The largest absolute Gasteiger partial charge is 0.458 e. The van der Waals surface area contributed by atoms with Crippen LogP contribution in [0.15, 0.2) is 79.9 Å². The van der Waals surface area contributed by atoms with E-state index in [1.165, 1.54) is 6.08 Å². The van der Waals surface area contributed by atoms with Crippen molar-refractivity contribution >= 4 is 12.0 Å². The molecule has 2 nitrogen and oxygen atoms in total. The van der Waals surface area contributed by atoms with Crippen LogP contribution in [-0.4, -0.2) is 5.97 Å². The quantitative estimate of drug-likeness (QED) is 0.470. The molecular formula is C18H18O2. The summed E-state index contributed by atoms with van der Waals surface area (Å²) in [6.45, 7) is 6.30. The van der Waals surface area contributed by atoms with Crippen molar-refractivity contribution in [3.63, 3.8) is 0 Å². The van der Waals surface area contributed by atoms with Crippen LogP contribution in [0.25, 0.3) is 6.08 Å². The van der Waals surface area contributed by atoms with E-state index in [1.54, 1.807) is 6.08 Å². The predicted octanol–water partition coefficient (Wildman–Crippen LogP) is 4.25. The number of rotatable bonds is 4. The highest BCUT2D eigenvalue weighted by molar-refractivity contribution is 5.86. The van der Waals surface area contributed by atoms with Crippen LogP contribution in [-0.2, 0) is 16.1 Å². The van der Waals surface area contributed by atoms with E-state index in [2.05, 4.69) is 13.2 Å². The van der Waals surface area contributed by atoms with Gasteiger partial charge in [0, 0.05) is 6.08 Å². The van der Waals surface area contributed by atoms with Crippen LogP contribution in [0.5, 0.6) is 0 Å². The Hall–Kier alpha value is -2.61. The lowest BCUT2D eigenvalue weighted by molar-refractivity contribution is -0.138. The first kappa shape index (κ1) is 15.4. The van der Waals surface area contributed by atoms with Gasteiger partial charge in [-0.25, -0.2) is 4.79 Å². The molecule has 0 bridgehead atoms. The SMILES string of the molecule is C=C.O=C(C=Cc1ccccc1)OCc1ccccc1. The molecule has 0 atom stereocenters. The van der Waals surface area contributed by atoms with Gasteiger partial charge in [0.05, 0.1) is 0 Å². The van der Waals surface area contributed by atoms with Gasteiger partial charge in [-0.15, -0.1) is 13.2 Å². The fourth-order valence-electron chi connectivity index (χ4n) is 1.51. The molecule has 0 N–H and O–H groups in total. The third-order valence-electron chi connectivity index (χ3n) is 2.44. The lowest BCUT2D eigenvalue weighted by Crippen LogP contribution is -2.00. The van der Waals surface area contributed by atoms with E-state index in [0.717, 1.165) is 11.1 Å². The van der Waals surface area contributed by atoms with Crippen LogP contribution in [0.2, 0.25) is 0 Å². The van der Waals surface area contributed by atoms with E-state index in [1.807, 2.05) is 60.7 Å². The maximum Gasteiger partial charge on any atom is 0.331 e. The molecule has 102 valence electrons. The molecule has 2 aromatic carbocycles. The monoisotopic (exact) mass is 266 g/mol. The Balaban J connectivity index is 0.000000956. The Morgan fingerprint density at radius 2 is 1.50 bits per heavy atom. The van der Waals surface area contributed by atoms with Gasteiger partial charge in [0.15, 0.2) is 0 Å². The summed E-state index contributed by atoms with van der Waals surface area (Å²) >= 11 is 0. The van der Waals surface area contributed by atoms with Crippen LogP contribution in [0.4, 0.5) is 0 Å². The zero-order valence-electron chi connectivity index (χ0n) is 11.4. The second-order valence-corrected chi connectivity index (χ2v) is 3.84. The molecule has 0 radical (unpaired) electrons. The van der Waals surface area contributed by atoms with E-state index in [4.69, 9.17) is 4.74 Å². The highest BCUT2D eigenvalue weighted by Gasteiger charge is 1.97. The maximum atomic E-state index is 11.5. The van der Waals surface area contributed by atoms with Gasteiger partial charge in [0.25, 0.3) is 0 Å². The molecule has 0 aliphatic heterocycles. The highest BCUT2D eigenvalue weighted by atomic mass is 16.5. The van der Waals surface area contributed by atoms with Crippen molar-refractivity contribution in [3.05, 3.63) is 91.0 Å². The first-order valence-electron chi connectivity index (χ1n) is 6.28. The average molecular weight is 266 g/mol. The van der Waals surface area contributed by atoms with Crippen molar-refractivity contribution in [1.29, 1.82) is 0 Å². The number of benzene rings is 2. The number of hydrogen-bond acceptors (Lipinski definition) is 2. The minimum atomic E-state index is -0.331. The van der Waals surface area contributed by atoms with Crippen molar-refractivity contribution in [2.24, 2.45) is 0 Å².